The Bertz CT molecular complexity index is 369. The summed E-state index contributed by atoms with van der Waals surface area (Å²) in [4.78, 5) is 2.60. The van der Waals surface area contributed by atoms with Crippen LogP contribution in [0.2, 0.25) is 0 Å². The fourth-order valence-electron chi connectivity index (χ4n) is 2.94. The molecule has 0 aliphatic heterocycles. The van der Waals surface area contributed by atoms with Crippen molar-refractivity contribution in [1.29, 1.82) is 0 Å². The Kier molecular flexibility index (Phi) is 4.49. The Morgan fingerprint density at radius 2 is 2.00 bits per heavy atom. The van der Waals surface area contributed by atoms with Gasteiger partial charge in [0.25, 0.3) is 0 Å². The minimum Gasteiger partial charge on any atom is -0.369 e. The summed E-state index contributed by atoms with van der Waals surface area (Å²) >= 11 is 3.62. The maximum absolute atomic E-state index is 3.62. The fraction of sp³-hybridized carbons (Fsp3) is 0.600. The van der Waals surface area contributed by atoms with Crippen molar-refractivity contribution in [2.24, 2.45) is 0 Å². The lowest BCUT2D eigenvalue weighted by Gasteiger charge is -2.31. The predicted octanol–water partition coefficient (Wildman–Crippen LogP) is 4.66. The number of halogens is 1. The highest BCUT2D eigenvalue weighted by atomic mass is 79.9. The summed E-state index contributed by atoms with van der Waals surface area (Å²) in [5.41, 5.74) is 4.21. The second kappa shape index (κ2) is 5.90. The SMILES string of the molecule is CCN(c1ccc(C)cc1CBr)C1CCCC1. The number of benzene rings is 1. The van der Waals surface area contributed by atoms with Gasteiger partial charge in [0.05, 0.1) is 0 Å². The largest absolute Gasteiger partial charge is 0.369 e. The molecule has 0 heterocycles. The van der Waals surface area contributed by atoms with E-state index >= 15 is 0 Å². The molecule has 0 aromatic heterocycles. The number of aryl methyl sites for hydroxylation is 1. The minimum atomic E-state index is 0.764. The zero-order chi connectivity index (χ0) is 12.3. The molecule has 94 valence electrons. The molecular weight excluding hydrogens is 274 g/mol. The molecule has 17 heavy (non-hydrogen) atoms. The number of nitrogens with zero attached hydrogens (tertiary/aromatic N) is 1. The highest BCUT2D eigenvalue weighted by Crippen LogP contribution is 2.31. The van der Waals surface area contributed by atoms with Crippen molar-refractivity contribution in [3.05, 3.63) is 29.3 Å². The third-order valence-electron chi connectivity index (χ3n) is 3.79. The van der Waals surface area contributed by atoms with Crippen LogP contribution in [0.15, 0.2) is 18.2 Å². The summed E-state index contributed by atoms with van der Waals surface area (Å²) in [6.45, 7) is 5.56. The van der Waals surface area contributed by atoms with Crippen LogP contribution in [0, 0.1) is 6.92 Å². The van der Waals surface area contributed by atoms with Gasteiger partial charge in [0.15, 0.2) is 0 Å². The molecule has 0 amide bonds. The van der Waals surface area contributed by atoms with Gasteiger partial charge in [0, 0.05) is 23.6 Å². The van der Waals surface area contributed by atoms with Crippen molar-refractivity contribution < 1.29 is 0 Å². The molecule has 1 aromatic carbocycles. The van der Waals surface area contributed by atoms with Gasteiger partial charge in [-0.05, 0) is 38.3 Å². The molecule has 1 aliphatic rings. The van der Waals surface area contributed by atoms with Gasteiger partial charge in [-0.1, -0.05) is 46.5 Å². The van der Waals surface area contributed by atoms with Gasteiger partial charge < -0.3 is 4.90 Å². The average Bonchev–Trinajstić information content (AvgIpc) is 2.85. The van der Waals surface area contributed by atoms with Crippen LogP contribution in [0.4, 0.5) is 5.69 Å². The summed E-state index contributed by atoms with van der Waals surface area (Å²) in [7, 11) is 0. The molecule has 2 rings (SSSR count). The van der Waals surface area contributed by atoms with Crippen molar-refractivity contribution in [2.45, 2.75) is 50.9 Å². The zero-order valence-corrected chi connectivity index (χ0v) is 12.5. The summed E-state index contributed by atoms with van der Waals surface area (Å²) in [5.74, 6) is 0. The molecule has 0 spiro atoms. The van der Waals surface area contributed by atoms with E-state index in [1.165, 1.54) is 42.5 Å². The number of rotatable bonds is 4. The van der Waals surface area contributed by atoms with Crippen LogP contribution < -0.4 is 4.90 Å². The Hall–Kier alpha value is -0.500. The van der Waals surface area contributed by atoms with Gasteiger partial charge in [0.1, 0.15) is 0 Å². The lowest BCUT2D eigenvalue weighted by atomic mass is 10.1. The third-order valence-corrected chi connectivity index (χ3v) is 4.40. The van der Waals surface area contributed by atoms with E-state index in [-0.39, 0.29) is 0 Å². The molecule has 0 N–H and O–H groups in total. The summed E-state index contributed by atoms with van der Waals surface area (Å²) in [6, 6.07) is 7.61. The van der Waals surface area contributed by atoms with Crippen molar-refractivity contribution in [3.8, 4) is 0 Å². The number of hydrogen-bond donors (Lipinski definition) is 0. The standard InChI is InChI=1S/C15H22BrN/c1-3-17(14-6-4-5-7-14)15-9-8-12(2)10-13(15)11-16/h8-10,14H,3-7,11H2,1-2H3. The van der Waals surface area contributed by atoms with Crippen molar-refractivity contribution in [1.82, 2.24) is 0 Å². The Labute approximate surface area is 113 Å². The van der Waals surface area contributed by atoms with Gasteiger partial charge in [-0.25, -0.2) is 0 Å². The molecule has 0 unspecified atom stereocenters. The van der Waals surface area contributed by atoms with E-state index in [1.807, 2.05) is 0 Å². The van der Waals surface area contributed by atoms with Crippen molar-refractivity contribution in [3.63, 3.8) is 0 Å². The highest BCUT2D eigenvalue weighted by Gasteiger charge is 2.22. The molecule has 0 atom stereocenters. The van der Waals surface area contributed by atoms with Gasteiger partial charge in [-0.2, -0.15) is 0 Å². The van der Waals surface area contributed by atoms with E-state index in [2.05, 4.69) is 52.9 Å². The number of alkyl halides is 1. The average molecular weight is 296 g/mol. The van der Waals surface area contributed by atoms with E-state index < -0.39 is 0 Å². The Morgan fingerprint density at radius 3 is 2.59 bits per heavy atom. The molecule has 1 saturated carbocycles. The van der Waals surface area contributed by atoms with Gasteiger partial charge in [-0.15, -0.1) is 0 Å². The third kappa shape index (κ3) is 2.85. The monoisotopic (exact) mass is 295 g/mol. The van der Waals surface area contributed by atoms with Crippen molar-refractivity contribution >= 4 is 21.6 Å². The maximum atomic E-state index is 3.62. The quantitative estimate of drug-likeness (QED) is 0.730. The number of hydrogen-bond acceptors (Lipinski definition) is 1. The topological polar surface area (TPSA) is 3.24 Å². The van der Waals surface area contributed by atoms with Gasteiger partial charge in [-0.3, -0.25) is 0 Å². The first-order valence-corrected chi connectivity index (χ1v) is 7.80. The van der Waals surface area contributed by atoms with E-state index in [1.54, 1.807) is 0 Å². The van der Waals surface area contributed by atoms with Gasteiger partial charge >= 0.3 is 0 Å². The summed E-state index contributed by atoms with van der Waals surface area (Å²) in [6.07, 6.45) is 5.53. The molecule has 0 bridgehead atoms. The molecule has 1 fully saturated rings. The Balaban J connectivity index is 2.29. The van der Waals surface area contributed by atoms with Gasteiger partial charge in [0.2, 0.25) is 0 Å². The molecule has 1 aromatic rings. The molecule has 0 saturated heterocycles. The van der Waals surface area contributed by atoms with E-state index in [0.29, 0.717) is 0 Å². The van der Waals surface area contributed by atoms with E-state index in [9.17, 15) is 0 Å². The highest BCUT2D eigenvalue weighted by molar-refractivity contribution is 9.08. The minimum absolute atomic E-state index is 0.764. The zero-order valence-electron chi connectivity index (χ0n) is 10.9. The molecule has 0 radical (unpaired) electrons. The van der Waals surface area contributed by atoms with Crippen molar-refractivity contribution in [2.75, 3.05) is 11.4 Å². The second-order valence-corrected chi connectivity index (χ2v) is 5.55. The lowest BCUT2D eigenvalue weighted by Crippen LogP contribution is -2.33. The first-order valence-electron chi connectivity index (χ1n) is 6.68. The maximum Gasteiger partial charge on any atom is 0.0409 e. The first-order chi connectivity index (χ1) is 8.26. The normalized spacial score (nSPS) is 16.4. The van der Waals surface area contributed by atoms with Crippen LogP contribution in [-0.2, 0) is 5.33 Å². The Morgan fingerprint density at radius 1 is 1.29 bits per heavy atom. The first kappa shape index (κ1) is 12.9. The predicted molar refractivity (Wildman–Crippen MR) is 79.1 cm³/mol. The fourth-order valence-corrected chi connectivity index (χ4v) is 3.39. The molecule has 1 aliphatic carbocycles. The van der Waals surface area contributed by atoms with Crippen LogP contribution in [0.1, 0.15) is 43.7 Å². The molecule has 2 heteroatoms. The van der Waals surface area contributed by atoms with Crippen LogP contribution in [0.3, 0.4) is 0 Å². The van der Waals surface area contributed by atoms with E-state index in [4.69, 9.17) is 0 Å². The molecular formula is C15H22BrN. The summed E-state index contributed by atoms with van der Waals surface area (Å²) in [5, 5.41) is 0.952. The smallest absolute Gasteiger partial charge is 0.0409 e. The molecule has 1 nitrogen and oxygen atoms in total. The van der Waals surface area contributed by atoms with E-state index in [0.717, 1.165) is 17.9 Å². The lowest BCUT2D eigenvalue weighted by molar-refractivity contribution is 0.618. The van der Waals surface area contributed by atoms with Crippen LogP contribution in [0.25, 0.3) is 0 Å². The van der Waals surface area contributed by atoms with Crippen LogP contribution in [-0.4, -0.2) is 12.6 Å². The second-order valence-electron chi connectivity index (χ2n) is 4.99. The van der Waals surface area contributed by atoms with Crippen LogP contribution in [0.5, 0.6) is 0 Å². The summed E-state index contributed by atoms with van der Waals surface area (Å²) < 4.78 is 0. The van der Waals surface area contributed by atoms with Crippen LogP contribution >= 0.6 is 15.9 Å². The number of anilines is 1.